The van der Waals surface area contributed by atoms with E-state index < -0.39 is 5.97 Å². The molecule has 4 nitrogen and oxygen atoms in total. The van der Waals surface area contributed by atoms with Crippen molar-refractivity contribution >= 4 is 44.5 Å². The third-order valence-electron chi connectivity index (χ3n) is 3.77. The summed E-state index contributed by atoms with van der Waals surface area (Å²) in [6.07, 6.45) is -0.206. The lowest BCUT2D eigenvalue weighted by atomic mass is 10.1. The van der Waals surface area contributed by atoms with Gasteiger partial charge in [0.1, 0.15) is 29.3 Å². The Labute approximate surface area is 165 Å². The Morgan fingerprint density at radius 2 is 1.92 bits per heavy atom. The minimum Gasteiger partial charge on any atom is -0.488 e. The standard InChI is InChI=1S/C20H18BrClO4/c1-11(2)25-20(23)19-12(3)26-17-9-16(21)18(8-15(17)19)24-10-13-4-6-14(22)7-5-13/h4-9,11H,10H2,1-3H3. The molecule has 0 saturated carbocycles. The third-order valence-corrected chi connectivity index (χ3v) is 4.64. The summed E-state index contributed by atoms with van der Waals surface area (Å²) in [7, 11) is 0. The highest BCUT2D eigenvalue weighted by Gasteiger charge is 2.22. The molecule has 0 atom stereocenters. The number of esters is 1. The van der Waals surface area contributed by atoms with Crippen LogP contribution in [-0.4, -0.2) is 12.1 Å². The highest BCUT2D eigenvalue weighted by atomic mass is 79.9. The predicted molar refractivity (Wildman–Crippen MR) is 105 cm³/mol. The molecule has 6 heteroatoms. The fourth-order valence-electron chi connectivity index (χ4n) is 2.60. The van der Waals surface area contributed by atoms with Crippen molar-refractivity contribution in [3.63, 3.8) is 0 Å². The van der Waals surface area contributed by atoms with Gasteiger partial charge in [0.2, 0.25) is 0 Å². The minimum absolute atomic E-state index is 0.206. The number of furan rings is 1. The fraction of sp³-hybridized carbons (Fsp3) is 0.250. The van der Waals surface area contributed by atoms with E-state index >= 15 is 0 Å². The second-order valence-corrected chi connectivity index (χ2v) is 7.47. The van der Waals surface area contributed by atoms with Gasteiger partial charge in [-0.15, -0.1) is 0 Å². The van der Waals surface area contributed by atoms with Crippen LogP contribution in [0.25, 0.3) is 11.0 Å². The van der Waals surface area contributed by atoms with Crippen molar-refractivity contribution in [2.24, 2.45) is 0 Å². The maximum Gasteiger partial charge on any atom is 0.342 e. The van der Waals surface area contributed by atoms with Crippen molar-refractivity contribution in [3.05, 3.63) is 62.8 Å². The monoisotopic (exact) mass is 436 g/mol. The van der Waals surface area contributed by atoms with Crippen molar-refractivity contribution < 1.29 is 18.7 Å². The van der Waals surface area contributed by atoms with Crippen LogP contribution in [0.3, 0.4) is 0 Å². The van der Waals surface area contributed by atoms with E-state index in [1.165, 1.54) is 0 Å². The Hall–Kier alpha value is -1.98. The number of halogens is 2. The average Bonchev–Trinajstić information content (AvgIpc) is 2.88. The van der Waals surface area contributed by atoms with Crippen LogP contribution in [0.1, 0.15) is 35.5 Å². The van der Waals surface area contributed by atoms with Gasteiger partial charge in [0.15, 0.2) is 0 Å². The molecule has 3 aromatic rings. The average molecular weight is 438 g/mol. The van der Waals surface area contributed by atoms with Gasteiger partial charge in [-0.05, 0) is 66.5 Å². The number of benzene rings is 2. The quantitative estimate of drug-likeness (QED) is 0.439. The number of hydrogen-bond donors (Lipinski definition) is 0. The van der Waals surface area contributed by atoms with Crippen LogP contribution in [-0.2, 0) is 11.3 Å². The van der Waals surface area contributed by atoms with E-state index in [0.29, 0.717) is 39.7 Å². The zero-order valence-corrected chi connectivity index (χ0v) is 17.0. The summed E-state index contributed by atoms with van der Waals surface area (Å²) < 4.78 is 17.7. The lowest BCUT2D eigenvalue weighted by Crippen LogP contribution is -2.12. The molecule has 0 aliphatic carbocycles. The topological polar surface area (TPSA) is 48.7 Å². The fourth-order valence-corrected chi connectivity index (χ4v) is 3.16. The number of fused-ring (bicyclic) bond motifs is 1. The predicted octanol–water partition coefficient (Wildman–Crippen LogP) is 6.30. The first-order valence-corrected chi connectivity index (χ1v) is 9.33. The first-order valence-electron chi connectivity index (χ1n) is 8.16. The van der Waals surface area contributed by atoms with Gasteiger partial charge in [0.25, 0.3) is 0 Å². The molecule has 0 aliphatic heterocycles. The SMILES string of the molecule is Cc1oc2cc(Br)c(OCc3ccc(Cl)cc3)cc2c1C(=O)OC(C)C. The van der Waals surface area contributed by atoms with Crippen LogP contribution in [0.2, 0.25) is 5.02 Å². The molecule has 0 N–H and O–H groups in total. The van der Waals surface area contributed by atoms with Crippen molar-refractivity contribution in [3.8, 4) is 5.75 Å². The Balaban J connectivity index is 1.92. The van der Waals surface area contributed by atoms with Crippen LogP contribution >= 0.6 is 27.5 Å². The molecule has 136 valence electrons. The van der Waals surface area contributed by atoms with Gasteiger partial charge in [0, 0.05) is 10.4 Å². The molecule has 1 heterocycles. The van der Waals surface area contributed by atoms with Gasteiger partial charge in [0.05, 0.1) is 10.6 Å². The first kappa shape index (κ1) is 18.8. The number of hydrogen-bond acceptors (Lipinski definition) is 4. The zero-order chi connectivity index (χ0) is 18.8. The molecular formula is C20H18BrClO4. The molecule has 0 bridgehead atoms. The zero-order valence-electron chi connectivity index (χ0n) is 14.6. The van der Waals surface area contributed by atoms with Crippen molar-refractivity contribution in [2.45, 2.75) is 33.5 Å². The van der Waals surface area contributed by atoms with E-state index in [0.717, 1.165) is 10.0 Å². The molecule has 0 radical (unpaired) electrons. The van der Waals surface area contributed by atoms with Crippen LogP contribution in [0, 0.1) is 6.92 Å². The molecular weight excluding hydrogens is 420 g/mol. The third kappa shape index (κ3) is 4.05. The van der Waals surface area contributed by atoms with Gasteiger partial charge in [-0.1, -0.05) is 23.7 Å². The second kappa shape index (κ2) is 7.72. The summed E-state index contributed by atoms with van der Waals surface area (Å²) in [5.41, 5.74) is 2.02. The lowest BCUT2D eigenvalue weighted by Gasteiger charge is -2.10. The van der Waals surface area contributed by atoms with Crippen LogP contribution in [0.5, 0.6) is 5.75 Å². The Morgan fingerprint density at radius 3 is 2.58 bits per heavy atom. The maximum atomic E-state index is 12.4. The van der Waals surface area contributed by atoms with Crippen molar-refractivity contribution in [2.75, 3.05) is 0 Å². The normalized spacial score (nSPS) is 11.2. The summed E-state index contributed by atoms with van der Waals surface area (Å²) in [5, 5.41) is 1.35. The van der Waals surface area contributed by atoms with Gasteiger partial charge in [-0.25, -0.2) is 4.79 Å². The first-order chi connectivity index (χ1) is 12.3. The summed E-state index contributed by atoms with van der Waals surface area (Å²) >= 11 is 9.39. The highest BCUT2D eigenvalue weighted by Crippen LogP contribution is 2.35. The van der Waals surface area contributed by atoms with E-state index in [1.54, 1.807) is 19.1 Å². The molecule has 2 aromatic carbocycles. The van der Waals surface area contributed by atoms with Gasteiger partial charge < -0.3 is 13.9 Å². The van der Waals surface area contributed by atoms with E-state index in [2.05, 4.69) is 15.9 Å². The van der Waals surface area contributed by atoms with E-state index in [-0.39, 0.29) is 6.10 Å². The summed E-state index contributed by atoms with van der Waals surface area (Å²) in [4.78, 5) is 12.4. The van der Waals surface area contributed by atoms with Gasteiger partial charge in [-0.3, -0.25) is 0 Å². The number of rotatable bonds is 5. The van der Waals surface area contributed by atoms with Gasteiger partial charge >= 0.3 is 5.97 Å². The summed E-state index contributed by atoms with van der Waals surface area (Å²) in [6, 6.07) is 11.0. The highest BCUT2D eigenvalue weighted by molar-refractivity contribution is 9.10. The Morgan fingerprint density at radius 1 is 1.23 bits per heavy atom. The molecule has 3 rings (SSSR count). The van der Waals surface area contributed by atoms with Crippen LogP contribution in [0.4, 0.5) is 0 Å². The summed E-state index contributed by atoms with van der Waals surface area (Å²) in [5.74, 6) is 0.737. The van der Waals surface area contributed by atoms with Crippen LogP contribution < -0.4 is 4.74 Å². The van der Waals surface area contributed by atoms with Crippen LogP contribution in [0.15, 0.2) is 45.3 Å². The number of carbonyl (C=O) groups is 1. The number of carbonyl (C=O) groups excluding carboxylic acids is 1. The molecule has 0 amide bonds. The van der Waals surface area contributed by atoms with Crippen molar-refractivity contribution in [1.82, 2.24) is 0 Å². The Bertz CT molecular complexity index is 945. The van der Waals surface area contributed by atoms with E-state index in [1.807, 2.05) is 38.1 Å². The molecule has 0 fully saturated rings. The molecule has 0 aliphatic rings. The lowest BCUT2D eigenvalue weighted by molar-refractivity contribution is 0.0378. The van der Waals surface area contributed by atoms with E-state index in [4.69, 9.17) is 25.5 Å². The largest absolute Gasteiger partial charge is 0.488 e. The van der Waals surface area contributed by atoms with E-state index in [9.17, 15) is 4.79 Å². The molecule has 0 unspecified atom stereocenters. The molecule has 26 heavy (non-hydrogen) atoms. The minimum atomic E-state index is -0.401. The van der Waals surface area contributed by atoms with Crippen molar-refractivity contribution in [1.29, 1.82) is 0 Å². The molecule has 0 saturated heterocycles. The smallest absolute Gasteiger partial charge is 0.342 e. The van der Waals surface area contributed by atoms with Gasteiger partial charge in [-0.2, -0.15) is 0 Å². The second-order valence-electron chi connectivity index (χ2n) is 6.18. The number of aryl methyl sites for hydroxylation is 1. The molecule has 0 spiro atoms. The Kier molecular flexibility index (Phi) is 5.58. The summed E-state index contributed by atoms with van der Waals surface area (Å²) in [6.45, 7) is 5.75. The maximum absolute atomic E-state index is 12.4. The number of ether oxygens (including phenoxy) is 2. The molecule has 1 aromatic heterocycles.